The molecular weight excluding hydrogens is 408 g/mol. The Labute approximate surface area is 190 Å². The van der Waals surface area contributed by atoms with E-state index in [1.54, 1.807) is 20.3 Å². The minimum Gasteiger partial charge on any atom is -0.493 e. The predicted molar refractivity (Wildman–Crippen MR) is 131 cm³/mol. The van der Waals surface area contributed by atoms with Gasteiger partial charge >= 0.3 is 0 Å². The smallest absolute Gasteiger partial charge is 0.200 e. The molecule has 0 aliphatic carbocycles. The lowest BCUT2D eigenvalue weighted by atomic mass is 10.1. The SMILES string of the molecule is C=CC[C@H](O)C[C@H](CO[Si](C(C)C)(C(C)C)C(C)C)OCc1ccc(OC)c(OC)c1. The van der Waals surface area contributed by atoms with Crippen LogP contribution in [0.4, 0.5) is 0 Å². The molecule has 0 fully saturated rings. The fourth-order valence-electron chi connectivity index (χ4n) is 4.70. The summed E-state index contributed by atoms with van der Waals surface area (Å²) in [4.78, 5) is 0. The fourth-order valence-corrected chi connectivity index (χ4v) is 10.2. The highest BCUT2D eigenvalue weighted by Gasteiger charge is 2.45. The van der Waals surface area contributed by atoms with Crippen LogP contribution in [0.2, 0.25) is 16.6 Å². The van der Waals surface area contributed by atoms with Gasteiger partial charge in [0.2, 0.25) is 0 Å². The number of aliphatic hydroxyl groups is 1. The van der Waals surface area contributed by atoms with Crippen LogP contribution in [0.5, 0.6) is 11.5 Å². The number of rotatable bonds is 15. The van der Waals surface area contributed by atoms with E-state index in [1.807, 2.05) is 18.2 Å². The topological polar surface area (TPSA) is 57.2 Å². The highest BCUT2D eigenvalue weighted by atomic mass is 28.4. The highest BCUT2D eigenvalue weighted by molar-refractivity contribution is 6.77. The molecule has 0 heterocycles. The van der Waals surface area contributed by atoms with Crippen LogP contribution in [-0.4, -0.2) is 46.5 Å². The van der Waals surface area contributed by atoms with Gasteiger partial charge in [-0.25, -0.2) is 0 Å². The van der Waals surface area contributed by atoms with Crippen molar-refractivity contribution in [3.63, 3.8) is 0 Å². The van der Waals surface area contributed by atoms with Crippen LogP contribution in [0.1, 0.15) is 59.9 Å². The molecule has 1 aromatic rings. The number of benzene rings is 1. The number of aliphatic hydroxyl groups excluding tert-OH is 1. The van der Waals surface area contributed by atoms with Crippen LogP contribution in [-0.2, 0) is 15.8 Å². The molecule has 0 unspecified atom stereocenters. The lowest BCUT2D eigenvalue weighted by Gasteiger charge is -2.43. The number of methoxy groups -OCH3 is 2. The van der Waals surface area contributed by atoms with Gasteiger partial charge in [-0.2, -0.15) is 0 Å². The molecule has 1 N–H and O–H groups in total. The van der Waals surface area contributed by atoms with Crippen molar-refractivity contribution in [1.29, 1.82) is 0 Å². The van der Waals surface area contributed by atoms with E-state index >= 15 is 0 Å². The molecule has 0 aliphatic rings. The van der Waals surface area contributed by atoms with E-state index in [4.69, 9.17) is 18.6 Å². The molecular formula is C25H44O5Si. The zero-order valence-electron chi connectivity index (χ0n) is 20.8. The van der Waals surface area contributed by atoms with Crippen molar-refractivity contribution in [3.05, 3.63) is 36.4 Å². The van der Waals surface area contributed by atoms with Gasteiger partial charge in [-0.1, -0.05) is 53.7 Å². The monoisotopic (exact) mass is 452 g/mol. The third-order valence-corrected chi connectivity index (χ3v) is 12.2. The molecule has 0 bridgehead atoms. The molecule has 5 nitrogen and oxygen atoms in total. The van der Waals surface area contributed by atoms with Crippen LogP contribution >= 0.6 is 0 Å². The second-order valence-electron chi connectivity index (χ2n) is 9.16. The average molecular weight is 453 g/mol. The molecule has 0 aliphatic heterocycles. The zero-order valence-corrected chi connectivity index (χ0v) is 21.8. The maximum absolute atomic E-state index is 10.4. The van der Waals surface area contributed by atoms with E-state index in [9.17, 15) is 5.11 Å². The van der Waals surface area contributed by atoms with Crippen LogP contribution in [0.3, 0.4) is 0 Å². The van der Waals surface area contributed by atoms with Crippen molar-refractivity contribution < 1.29 is 23.7 Å². The molecule has 0 amide bonds. The summed E-state index contributed by atoms with van der Waals surface area (Å²) in [6.45, 7) is 18.3. The molecule has 1 rings (SSSR count). The van der Waals surface area contributed by atoms with Gasteiger partial charge in [-0.3, -0.25) is 0 Å². The first-order valence-corrected chi connectivity index (χ1v) is 13.5. The van der Waals surface area contributed by atoms with Gasteiger partial charge in [0.15, 0.2) is 19.8 Å². The average Bonchev–Trinajstić information content (AvgIpc) is 2.71. The van der Waals surface area contributed by atoms with Gasteiger partial charge in [-0.05, 0) is 40.7 Å². The van der Waals surface area contributed by atoms with Crippen molar-refractivity contribution in [2.45, 2.75) is 89.8 Å². The molecule has 31 heavy (non-hydrogen) atoms. The Morgan fingerprint density at radius 2 is 1.55 bits per heavy atom. The van der Waals surface area contributed by atoms with E-state index in [1.165, 1.54) is 0 Å². The molecule has 0 spiro atoms. The molecule has 0 aromatic heterocycles. The second kappa shape index (κ2) is 13.3. The van der Waals surface area contributed by atoms with Crippen molar-refractivity contribution in [2.24, 2.45) is 0 Å². The van der Waals surface area contributed by atoms with Crippen LogP contribution in [0.25, 0.3) is 0 Å². The lowest BCUT2D eigenvalue weighted by molar-refractivity contribution is -0.0232. The Kier molecular flexibility index (Phi) is 11.8. The molecule has 0 saturated carbocycles. The molecule has 2 atom stereocenters. The van der Waals surface area contributed by atoms with Gasteiger partial charge < -0.3 is 23.7 Å². The Hall–Kier alpha value is -1.34. The quantitative estimate of drug-likeness (QED) is 0.257. The van der Waals surface area contributed by atoms with Gasteiger partial charge in [-0.15, -0.1) is 6.58 Å². The van der Waals surface area contributed by atoms with Crippen molar-refractivity contribution in [3.8, 4) is 11.5 Å². The summed E-state index contributed by atoms with van der Waals surface area (Å²) in [7, 11) is 1.23. The normalized spacial score (nSPS) is 14.2. The number of hydrogen-bond donors (Lipinski definition) is 1. The summed E-state index contributed by atoms with van der Waals surface area (Å²) >= 11 is 0. The summed E-state index contributed by atoms with van der Waals surface area (Å²) in [5.41, 5.74) is 2.48. The lowest BCUT2D eigenvalue weighted by Crippen LogP contribution is -2.49. The largest absolute Gasteiger partial charge is 0.493 e. The van der Waals surface area contributed by atoms with Gasteiger partial charge in [0.05, 0.1) is 39.6 Å². The highest BCUT2D eigenvalue weighted by Crippen LogP contribution is 2.42. The Morgan fingerprint density at radius 1 is 0.968 bits per heavy atom. The summed E-state index contributed by atoms with van der Waals surface area (Å²) in [5, 5.41) is 10.4. The number of ether oxygens (including phenoxy) is 3. The van der Waals surface area contributed by atoms with Gasteiger partial charge in [0.1, 0.15) is 0 Å². The molecule has 178 valence electrons. The van der Waals surface area contributed by atoms with E-state index in [-0.39, 0.29) is 6.10 Å². The second-order valence-corrected chi connectivity index (χ2v) is 14.6. The minimum atomic E-state index is -2.01. The molecule has 1 aromatic carbocycles. The minimum absolute atomic E-state index is 0.203. The summed E-state index contributed by atoms with van der Waals surface area (Å²) < 4.78 is 23.7. The Balaban J connectivity index is 2.97. The van der Waals surface area contributed by atoms with Crippen molar-refractivity contribution in [2.75, 3.05) is 20.8 Å². The van der Waals surface area contributed by atoms with E-state index in [0.29, 0.717) is 54.2 Å². The summed E-state index contributed by atoms with van der Waals surface area (Å²) in [6.07, 6.45) is 2.10. The standard InChI is InChI=1S/C25H44O5Si/c1-10-11-22(26)15-23(17-30-31(18(2)3,19(4)5)20(6)7)29-16-21-12-13-24(27-8)25(14-21)28-9/h10,12-14,18-20,22-23,26H,1,11,15-17H2,2-9H3/t22-,23+/m0/s1. The van der Waals surface area contributed by atoms with E-state index < -0.39 is 14.4 Å². The van der Waals surface area contributed by atoms with Crippen LogP contribution in [0, 0.1) is 0 Å². The van der Waals surface area contributed by atoms with Crippen LogP contribution < -0.4 is 9.47 Å². The Morgan fingerprint density at radius 3 is 2.03 bits per heavy atom. The first-order valence-electron chi connectivity index (χ1n) is 11.4. The maximum Gasteiger partial charge on any atom is 0.200 e. The van der Waals surface area contributed by atoms with E-state index in [2.05, 4.69) is 48.1 Å². The Bertz CT molecular complexity index is 638. The first-order chi connectivity index (χ1) is 14.6. The first kappa shape index (κ1) is 27.7. The molecule has 0 radical (unpaired) electrons. The van der Waals surface area contributed by atoms with Crippen molar-refractivity contribution in [1.82, 2.24) is 0 Å². The van der Waals surface area contributed by atoms with E-state index in [0.717, 1.165) is 5.56 Å². The van der Waals surface area contributed by atoms with Gasteiger partial charge in [0, 0.05) is 6.42 Å². The van der Waals surface area contributed by atoms with Crippen LogP contribution in [0.15, 0.2) is 30.9 Å². The van der Waals surface area contributed by atoms with Gasteiger partial charge in [0.25, 0.3) is 0 Å². The number of hydrogen-bond acceptors (Lipinski definition) is 5. The molecule has 6 heteroatoms. The predicted octanol–water partition coefficient (Wildman–Crippen LogP) is 6.11. The van der Waals surface area contributed by atoms with Crippen molar-refractivity contribution >= 4 is 8.32 Å². The zero-order chi connectivity index (χ0) is 23.6. The molecule has 0 saturated heterocycles. The third-order valence-electron chi connectivity index (χ3n) is 6.13. The third kappa shape index (κ3) is 7.63. The summed E-state index contributed by atoms with van der Waals surface area (Å²) in [6, 6.07) is 5.77. The fraction of sp³-hybridized carbons (Fsp3) is 0.680. The summed E-state index contributed by atoms with van der Waals surface area (Å²) in [5.74, 6) is 1.36. The maximum atomic E-state index is 10.4.